The first-order chi connectivity index (χ1) is 6.18. The highest BCUT2D eigenvalue weighted by Crippen LogP contribution is 2.51. The quantitative estimate of drug-likeness (QED) is 0.633. The normalized spacial score (nSPS) is 32.8. The summed E-state index contributed by atoms with van der Waals surface area (Å²) in [5.74, 6) is 1.03. The lowest BCUT2D eigenvalue weighted by atomic mass is 9.86. The lowest BCUT2D eigenvalue weighted by Gasteiger charge is -2.42. The minimum atomic E-state index is 0.674. The molecule has 0 N–H and O–H groups in total. The lowest BCUT2D eigenvalue weighted by Crippen LogP contribution is -2.48. The van der Waals surface area contributed by atoms with Crippen LogP contribution in [0.25, 0.3) is 0 Å². The van der Waals surface area contributed by atoms with Crippen molar-refractivity contribution < 1.29 is 0 Å². The summed E-state index contributed by atoms with van der Waals surface area (Å²) in [6.45, 7) is 8.42. The Hall–Kier alpha value is -0.0400. The largest absolute Gasteiger partial charge is 0.295 e. The van der Waals surface area contributed by atoms with Gasteiger partial charge in [-0.05, 0) is 52.0 Å². The summed E-state index contributed by atoms with van der Waals surface area (Å²) >= 11 is 0. The Balaban J connectivity index is 2.01. The molecule has 1 saturated heterocycles. The Morgan fingerprint density at radius 1 is 1.38 bits per heavy atom. The third-order valence-corrected chi connectivity index (χ3v) is 4.08. The van der Waals surface area contributed by atoms with Crippen LogP contribution in [-0.2, 0) is 0 Å². The van der Waals surface area contributed by atoms with Crippen molar-refractivity contribution in [2.45, 2.75) is 64.5 Å². The molecule has 1 atom stereocenters. The fraction of sp³-hybridized carbons (Fsp3) is 1.00. The Morgan fingerprint density at radius 2 is 2.08 bits per heavy atom. The molecule has 0 amide bonds. The van der Waals surface area contributed by atoms with Gasteiger partial charge < -0.3 is 0 Å². The van der Waals surface area contributed by atoms with Crippen molar-refractivity contribution in [3.8, 4) is 0 Å². The summed E-state index contributed by atoms with van der Waals surface area (Å²) in [4.78, 5) is 2.76. The van der Waals surface area contributed by atoms with Crippen LogP contribution in [0.4, 0.5) is 0 Å². The Bertz CT molecular complexity index is 182. The van der Waals surface area contributed by atoms with E-state index in [4.69, 9.17) is 0 Å². The second kappa shape index (κ2) is 3.27. The number of rotatable bonds is 2. The van der Waals surface area contributed by atoms with Gasteiger partial charge in [0.1, 0.15) is 0 Å². The second-order valence-electron chi connectivity index (χ2n) is 5.28. The molecule has 1 heterocycles. The van der Waals surface area contributed by atoms with E-state index < -0.39 is 0 Å². The molecule has 1 unspecified atom stereocenters. The molecule has 1 heteroatoms. The molecule has 76 valence electrons. The van der Waals surface area contributed by atoms with Crippen molar-refractivity contribution in [1.82, 2.24) is 4.90 Å². The van der Waals surface area contributed by atoms with Gasteiger partial charge in [-0.25, -0.2) is 0 Å². The first kappa shape index (κ1) is 9.51. The predicted molar refractivity (Wildman–Crippen MR) is 56.8 cm³/mol. The minimum absolute atomic E-state index is 0.674. The zero-order valence-electron chi connectivity index (χ0n) is 9.34. The maximum atomic E-state index is 2.76. The van der Waals surface area contributed by atoms with E-state index in [1.54, 1.807) is 0 Å². The van der Waals surface area contributed by atoms with E-state index in [1.165, 1.54) is 38.6 Å². The van der Waals surface area contributed by atoms with Crippen molar-refractivity contribution in [3.63, 3.8) is 0 Å². The molecule has 1 saturated carbocycles. The predicted octanol–water partition coefficient (Wildman–Crippen LogP) is 3.05. The van der Waals surface area contributed by atoms with Gasteiger partial charge >= 0.3 is 0 Å². The highest BCUT2D eigenvalue weighted by Gasteiger charge is 2.51. The molecule has 1 spiro atoms. The number of piperidine rings is 1. The van der Waals surface area contributed by atoms with Crippen LogP contribution in [0.3, 0.4) is 0 Å². The SMILES string of the molecule is CCC1CCN(C(C)C)C2(CC2)C1. The van der Waals surface area contributed by atoms with E-state index in [2.05, 4.69) is 25.7 Å². The molecule has 2 rings (SSSR count). The van der Waals surface area contributed by atoms with Crippen LogP contribution in [-0.4, -0.2) is 23.0 Å². The number of hydrogen-bond donors (Lipinski definition) is 0. The molecule has 0 bridgehead atoms. The highest BCUT2D eigenvalue weighted by molar-refractivity contribution is 5.07. The zero-order chi connectivity index (χ0) is 9.47. The Morgan fingerprint density at radius 3 is 2.54 bits per heavy atom. The van der Waals surface area contributed by atoms with Gasteiger partial charge in [-0.15, -0.1) is 0 Å². The van der Waals surface area contributed by atoms with E-state index in [-0.39, 0.29) is 0 Å². The average molecular weight is 181 g/mol. The van der Waals surface area contributed by atoms with Crippen LogP contribution < -0.4 is 0 Å². The molecule has 0 aromatic rings. The van der Waals surface area contributed by atoms with Gasteiger partial charge in [0.05, 0.1) is 0 Å². The van der Waals surface area contributed by atoms with Crippen molar-refractivity contribution in [3.05, 3.63) is 0 Å². The summed E-state index contributed by atoms with van der Waals surface area (Å²) in [6.07, 6.45) is 7.27. The van der Waals surface area contributed by atoms with Crippen molar-refractivity contribution in [1.29, 1.82) is 0 Å². The summed E-state index contributed by atoms with van der Waals surface area (Å²) in [6, 6.07) is 0.764. The third kappa shape index (κ3) is 1.63. The molecule has 1 nitrogen and oxygen atoms in total. The van der Waals surface area contributed by atoms with Gasteiger partial charge in [0.15, 0.2) is 0 Å². The molecule has 1 aliphatic heterocycles. The highest BCUT2D eigenvalue weighted by atomic mass is 15.3. The van der Waals surface area contributed by atoms with Crippen LogP contribution in [0.15, 0.2) is 0 Å². The molecular weight excluding hydrogens is 158 g/mol. The van der Waals surface area contributed by atoms with Crippen LogP contribution in [0.2, 0.25) is 0 Å². The monoisotopic (exact) mass is 181 g/mol. The van der Waals surface area contributed by atoms with Crippen LogP contribution in [0.5, 0.6) is 0 Å². The molecule has 2 aliphatic rings. The van der Waals surface area contributed by atoms with Gasteiger partial charge in [0.2, 0.25) is 0 Å². The maximum Gasteiger partial charge on any atom is 0.0216 e. The average Bonchev–Trinajstić information content (AvgIpc) is 2.84. The summed E-state index contributed by atoms with van der Waals surface area (Å²) in [7, 11) is 0. The number of hydrogen-bond acceptors (Lipinski definition) is 1. The van der Waals surface area contributed by atoms with E-state index in [0.29, 0.717) is 5.54 Å². The van der Waals surface area contributed by atoms with Gasteiger partial charge in [-0.1, -0.05) is 13.3 Å². The van der Waals surface area contributed by atoms with Gasteiger partial charge in [0.25, 0.3) is 0 Å². The summed E-state index contributed by atoms with van der Waals surface area (Å²) < 4.78 is 0. The topological polar surface area (TPSA) is 3.24 Å². The fourth-order valence-electron chi connectivity index (χ4n) is 3.11. The summed E-state index contributed by atoms with van der Waals surface area (Å²) in [5.41, 5.74) is 0.674. The zero-order valence-corrected chi connectivity index (χ0v) is 9.34. The molecular formula is C12H23N. The van der Waals surface area contributed by atoms with Gasteiger partial charge in [0, 0.05) is 11.6 Å². The Labute approximate surface area is 82.5 Å². The minimum Gasteiger partial charge on any atom is -0.295 e. The molecule has 13 heavy (non-hydrogen) atoms. The van der Waals surface area contributed by atoms with E-state index >= 15 is 0 Å². The molecule has 1 aliphatic carbocycles. The molecule has 0 aromatic carbocycles. The number of likely N-dealkylation sites (tertiary alicyclic amines) is 1. The number of nitrogens with zero attached hydrogens (tertiary/aromatic N) is 1. The first-order valence-electron chi connectivity index (χ1n) is 5.95. The van der Waals surface area contributed by atoms with Gasteiger partial charge in [-0.3, -0.25) is 4.90 Å². The van der Waals surface area contributed by atoms with Crippen LogP contribution in [0, 0.1) is 5.92 Å². The van der Waals surface area contributed by atoms with E-state index in [1.807, 2.05) is 0 Å². The standard InChI is InChI=1S/C12H23N/c1-4-11-5-8-13(10(2)3)12(9-11)6-7-12/h10-11H,4-9H2,1-3H3. The summed E-state index contributed by atoms with van der Waals surface area (Å²) in [5, 5.41) is 0. The molecule has 0 aromatic heterocycles. The first-order valence-corrected chi connectivity index (χ1v) is 5.95. The fourth-order valence-corrected chi connectivity index (χ4v) is 3.11. The van der Waals surface area contributed by atoms with Gasteiger partial charge in [-0.2, -0.15) is 0 Å². The van der Waals surface area contributed by atoms with Crippen LogP contribution >= 0.6 is 0 Å². The van der Waals surface area contributed by atoms with Crippen LogP contribution in [0.1, 0.15) is 52.9 Å². The molecule has 0 radical (unpaired) electrons. The smallest absolute Gasteiger partial charge is 0.0216 e. The van der Waals surface area contributed by atoms with Crippen molar-refractivity contribution in [2.24, 2.45) is 5.92 Å². The maximum absolute atomic E-state index is 2.76. The van der Waals surface area contributed by atoms with E-state index in [0.717, 1.165) is 12.0 Å². The van der Waals surface area contributed by atoms with Crippen molar-refractivity contribution >= 4 is 0 Å². The third-order valence-electron chi connectivity index (χ3n) is 4.08. The lowest BCUT2D eigenvalue weighted by molar-refractivity contribution is 0.0632. The Kier molecular flexibility index (Phi) is 2.39. The second-order valence-corrected chi connectivity index (χ2v) is 5.28. The van der Waals surface area contributed by atoms with E-state index in [9.17, 15) is 0 Å². The van der Waals surface area contributed by atoms with Crippen molar-refractivity contribution in [2.75, 3.05) is 6.54 Å². The molecule has 2 fully saturated rings.